The van der Waals surface area contributed by atoms with Gasteiger partial charge in [0, 0.05) is 13.7 Å². The van der Waals surface area contributed by atoms with Crippen molar-refractivity contribution in [1.82, 2.24) is 15.5 Å². The lowest BCUT2D eigenvalue weighted by atomic mass is 9.90. The maximum atomic E-state index is 12.5. The molecule has 5 heteroatoms. The van der Waals surface area contributed by atoms with Crippen LogP contribution in [0.25, 0.3) is 0 Å². The Kier molecular flexibility index (Phi) is 8.31. The number of piperidine rings is 2. The van der Waals surface area contributed by atoms with Crippen LogP contribution in [0, 0.1) is 5.92 Å². The van der Waals surface area contributed by atoms with Gasteiger partial charge in [0.05, 0.1) is 0 Å². The van der Waals surface area contributed by atoms with Crippen molar-refractivity contribution in [2.45, 2.75) is 50.5 Å². The molecule has 0 aliphatic carbocycles. The van der Waals surface area contributed by atoms with Gasteiger partial charge in [-0.3, -0.25) is 4.79 Å². The van der Waals surface area contributed by atoms with Gasteiger partial charge < -0.3 is 20.3 Å². The summed E-state index contributed by atoms with van der Waals surface area (Å²) >= 11 is 0. The van der Waals surface area contributed by atoms with Crippen molar-refractivity contribution < 1.29 is 9.53 Å². The van der Waals surface area contributed by atoms with Gasteiger partial charge in [-0.05, 0) is 89.2 Å². The summed E-state index contributed by atoms with van der Waals surface area (Å²) in [4.78, 5) is 15.1. The van der Waals surface area contributed by atoms with Gasteiger partial charge in [0.2, 0.25) is 0 Å². The number of carbonyl (C=O) groups is 1. The van der Waals surface area contributed by atoms with Gasteiger partial charge in [-0.15, -0.1) is 0 Å². The second-order valence-corrected chi connectivity index (χ2v) is 8.39. The van der Waals surface area contributed by atoms with E-state index in [1.807, 2.05) is 0 Å². The summed E-state index contributed by atoms with van der Waals surface area (Å²) < 4.78 is 5.59. The molecule has 0 unspecified atom stereocenters. The zero-order chi connectivity index (χ0) is 19.7. The van der Waals surface area contributed by atoms with Crippen LogP contribution in [0.2, 0.25) is 0 Å². The molecule has 2 saturated heterocycles. The van der Waals surface area contributed by atoms with Crippen LogP contribution < -0.4 is 10.6 Å². The third-order valence-electron chi connectivity index (χ3n) is 6.48. The highest BCUT2D eigenvalue weighted by atomic mass is 16.5. The van der Waals surface area contributed by atoms with Gasteiger partial charge in [0.1, 0.15) is 5.60 Å². The van der Waals surface area contributed by atoms with Crippen LogP contribution in [0.5, 0.6) is 0 Å². The lowest BCUT2D eigenvalue weighted by molar-refractivity contribution is -0.146. The number of nitrogens with one attached hydrogen (secondary N) is 2. The van der Waals surface area contributed by atoms with E-state index < -0.39 is 5.60 Å². The number of rotatable bonds is 9. The van der Waals surface area contributed by atoms with Gasteiger partial charge >= 0.3 is 0 Å². The number of unbranched alkanes of at least 4 members (excludes halogenated alkanes) is 1. The number of hydrogen-bond donors (Lipinski definition) is 2. The molecule has 0 aromatic heterocycles. The molecular formula is C23H37N3O2. The Balaban J connectivity index is 1.26. The fourth-order valence-corrected chi connectivity index (χ4v) is 4.54. The zero-order valence-corrected chi connectivity index (χ0v) is 17.4. The van der Waals surface area contributed by atoms with Gasteiger partial charge in [-0.1, -0.05) is 30.3 Å². The second-order valence-electron chi connectivity index (χ2n) is 8.39. The molecule has 1 aromatic rings. The Morgan fingerprint density at radius 3 is 2.57 bits per heavy atom. The lowest BCUT2D eigenvalue weighted by Gasteiger charge is -2.34. The highest BCUT2D eigenvalue weighted by Gasteiger charge is 2.39. The van der Waals surface area contributed by atoms with Crippen molar-refractivity contribution >= 4 is 5.91 Å². The molecule has 3 rings (SSSR count). The molecule has 28 heavy (non-hydrogen) atoms. The van der Waals surface area contributed by atoms with Crippen LogP contribution in [0.3, 0.4) is 0 Å². The number of carbonyl (C=O) groups excluding carboxylic acids is 1. The standard InChI is InChI=1S/C23H37N3O2/c1-28-23(11-14-24-15-12-23)22(27)25-13-5-6-16-26-17-9-21(10-18-26)19-20-7-3-2-4-8-20/h2-4,7-8,21,24H,5-6,9-19H2,1H3,(H,25,27). The van der Waals surface area contributed by atoms with Crippen LogP contribution in [0.4, 0.5) is 0 Å². The Bertz CT molecular complexity index is 579. The van der Waals surface area contributed by atoms with Gasteiger partial charge in [-0.2, -0.15) is 0 Å². The van der Waals surface area contributed by atoms with Crippen LogP contribution >= 0.6 is 0 Å². The molecule has 1 amide bonds. The molecule has 156 valence electrons. The highest BCUT2D eigenvalue weighted by molar-refractivity contribution is 5.85. The van der Waals surface area contributed by atoms with E-state index in [2.05, 4.69) is 45.9 Å². The van der Waals surface area contributed by atoms with Crippen molar-refractivity contribution in [2.24, 2.45) is 5.92 Å². The summed E-state index contributed by atoms with van der Waals surface area (Å²) in [5, 5.41) is 6.40. The van der Waals surface area contributed by atoms with Gasteiger partial charge in [-0.25, -0.2) is 0 Å². The summed E-state index contributed by atoms with van der Waals surface area (Å²) in [5.74, 6) is 0.895. The van der Waals surface area contributed by atoms with E-state index in [0.717, 1.165) is 57.8 Å². The SMILES string of the molecule is COC1(C(=O)NCCCCN2CCC(Cc3ccccc3)CC2)CCNCC1. The second kappa shape index (κ2) is 10.9. The third kappa shape index (κ3) is 6.03. The average molecular weight is 388 g/mol. The summed E-state index contributed by atoms with van der Waals surface area (Å²) in [7, 11) is 1.66. The largest absolute Gasteiger partial charge is 0.368 e. The van der Waals surface area contributed by atoms with Crippen LogP contribution in [0.15, 0.2) is 30.3 Å². The molecule has 2 heterocycles. The van der Waals surface area contributed by atoms with E-state index in [4.69, 9.17) is 4.74 Å². The maximum absolute atomic E-state index is 12.5. The van der Waals surface area contributed by atoms with Crippen LogP contribution in [0.1, 0.15) is 44.1 Å². The fourth-order valence-electron chi connectivity index (χ4n) is 4.54. The van der Waals surface area contributed by atoms with Crippen molar-refractivity contribution in [2.75, 3.05) is 46.4 Å². The Morgan fingerprint density at radius 1 is 1.18 bits per heavy atom. The number of likely N-dealkylation sites (tertiary alicyclic amines) is 1. The molecule has 0 saturated carbocycles. The van der Waals surface area contributed by atoms with Gasteiger partial charge in [0.15, 0.2) is 0 Å². The third-order valence-corrected chi connectivity index (χ3v) is 6.48. The van der Waals surface area contributed by atoms with Gasteiger partial charge in [0.25, 0.3) is 5.91 Å². The molecule has 2 aliphatic heterocycles. The van der Waals surface area contributed by atoms with Crippen molar-refractivity contribution in [3.05, 3.63) is 35.9 Å². The van der Waals surface area contributed by atoms with E-state index in [0.29, 0.717) is 0 Å². The van der Waals surface area contributed by atoms with Crippen LogP contribution in [-0.4, -0.2) is 62.8 Å². The summed E-state index contributed by atoms with van der Waals surface area (Å²) in [5.41, 5.74) is 0.852. The summed E-state index contributed by atoms with van der Waals surface area (Å²) in [6, 6.07) is 10.9. The first-order valence-corrected chi connectivity index (χ1v) is 11.0. The predicted octanol–water partition coefficient (Wildman–Crippen LogP) is 2.61. The minimum absolute atomic E-state index is 0.0678. The van der Waals surface area contributed by atoms with E-state index in [-0.39, 0.29) is 5.91 Å². The van der Waals surface area contributed by atoms with E-state index >= 15 is 0 Å². The normalized spacial score (nSPS) is 20.8. The number of methoxy groups -OCH3 is 1. The number of benzene rings is 1. The maximum Gasteiger partial charge on any atom is 0.252 e. The summed E-state index contributed by atoms with van der Waals surface area (Å²) in [6.07, 6.45) is 7.52. The van der Waals surface area contributed by atoms with Crippen molar-refractivity contribution in [3.8, 4) is 0 Å². The monoisotopic (exact) mass is 387 g/mol. The lowest BCUT2D eigenvalue weighted by Crippen LogP contribution is -2.54. The molecule has 0 radical (unpaired) electrons. The molecule has 0 atom stereocenters. The zero-order valence-electron chi connectivity index (χ0n) is 17.4. The van der Waals surface area contributed by atoms with Crippen LogP contribution in [-0.2, 0) is 16.0 Å². The molecule has 1 aromatic carbocycles. The quantitative estimate of drug-likeness (QED) is 0.640. The molecular weight excluding hydrogens is 350 g/mol. The minimum Gasteiger partial charge on any atom is -0.368 e. The minimum atomic E-state index is -0.619. The first kappa shape index (κ1) is 21.3. The summed E-state index contributed by atoms with van der Waals surface area (Å²) in [6.45, 7) is 6.02. The smallest absolute Gasteiger partial charge is 0.252 e. The molecule has 2 N–H and O–H groups in total. The molecule has 0 bridgehead atoms. The van der Waals surface area contributed by atoms with E-state index in [1.54, 1.807) is 7.11 Å². The number of amides is 1. The number of nitrogens with zero attached hydrogens (tertiary/aromatic N) is 1. The number of ether oxygens (including phenoxy) is 1. The van der Waals surface area contributed by atoms with Crippen molar-refractivity contribution in [1.29, 1.82) is 0 Å². The Labute approximate surface area is 170 Å². The first-order chi connectivity index (χ1) is 13.7. The van der Waals surface area contributed by atoms with E-state index in [9.17, 15) is 4.79 Å². The van der Waals surface area contributed by atoms with Crippen molar-refractivity contribution in [3.63, 3.8) is 0 Å². The van der Waals surface area contributed by atoms with E-state index in [1.165, 1.54) is 37.9 Å². The molecule has 0 spiro atoms. The first-order valence-electron chi connectivity index (χ1n) is 11.0. The molecule has 2 fully saturated rings. The Hall–Kier alpha value is -1.43. The number of hydrogen-bond acceptors (Lipinski definition) is 4. The topological polar surface area (TPSA) is 53.6 Å². The molecule has 5 nitrogen and oxygen atoms in total. The average Bonchev–Trinajstić information content (AvgIpc) is 2.75. The molecule has 2 aliphatic rings. The fraction of sp³-hybridized carbons (Fsp3) is 0.696. The Morgan fingerprint density at radius 2 is 1.89 bits per heavy atom. The highest BCUT2D eigenvalue weighted by Crippen LogP contribution is 2.23. The predicted molar refractivity (Wildman–Crippen MR) is 113 cm³/mol.